The van der Waals surface area contributed by atoms with Gasteiger partial charge >= 0.3 is 0 Å². The summed E-state index contributed by atoms with van der Waals surface area (Å²) in [6.45, 7) is 1.98. The number of fused-ring (bicyclic) bond motifs is 6. The molecule has 0 aromatic heterocycles. The number of carbonyl (C=O) groups is 2. The molecule has 6 nitrogen and oxygen atoms in total. The van der Waals surface area contributed by atoms with E-state index in [2.05, 4.69) is 12.1 Å². The molecular formula is C30H25N3O3. The zero-order chi connectivity index (χ0) is 25.1. The summed E-state index contributed by atoms with van der Waals surface area (Å²) in [5.74, 6) is -1.39. The van der Waals surface area contributed by atoms with E-state index in [4.69, 9.17) is 10.00 Å². The molecule has 3 aromatic rings. The molecule has 36 heavy (non-hydrogen) atoms. The van der Waals surface area contributed by atoms with Gasteiger partial charge in [-0.25, -0.2) is 4.90 Å². The molecule has 0 saturated carbocycles. The smallest absolute Gasteiger partial charge is 0.240 e. The Morgan fingerprint density at radius 1 is 0.917 bits per heavy atom. The lowest BCUT2D eigenvalue weighted by Crippen LogP contribution is -2.42. The van der Waals surface area contributed by atoms with Gasteiger partial charge in [-0.05, 0) is 68.9 Å². The first kappa shape index (κ1) is 22.5. The quantitative estimate of drug-likeness (QED) is 0.482. The lowest BCUT2D eigenvalue weighted by Gasteiger charge is -2.31. The zero-order valence-corrected chi connectivity index (χ0v) is 20.0. The minimum absolute atomic E-state index is 0.193. The zero-order valence-electron chi connectivity index (χ0n) is 20.0. The van der Waals surface area contributed by atoms with Gasteiger partial charge in [0.1, 0.15) is 0 Å². The Balaban J connectivity index is 1.31. The van der Waals surface area contributed by atoms with Gasteiger partial charge < -0.3 is 4.74 Å². The summed E-state index contributed by atoms with van der Waals surface area (Å²) in [6, 6.07) is 22.8. The van der Waals surface area contributed by atoms with Crippen LogP contribution in [0.3, 0.4) is 0 Å². The van der Waals surface area contributed by atoms with E-state index in [1.807, 2.05) is 55.5 Å². The second-order valence-corrected chi connectivity index (χ2v) is 10.4. The number of nitriles is 2. The molecule has 2 bridgehead atoms. The number of imide groups is 1. The van der Waals surface area contributed by atoms with Crippen LogP contribution >= 0.6 is 0 Å². The van der Waals surface area contributed by atoms with Gasteiger partial charge in [-0.3, -0.25) is 9.59 Å². The average molecular weight is 476 g/mol. The normalized spacial score (nSPS) is 28.4. The van der Waals surface area contributed by atoms with Crippen molar-refractivity contribution in [1.82, 2.24) is 0 Å². The Morgan fingerprint density at radius 2 is 1.64 bits per heavy atom. The number of benzene rings is 3. The van der Waals surface area contributed by atoms with Crippen molar-refractivity contribution < 1.29 is 14.3 Å². The van der Waals surface area contributed by atoms with Gasteiger partial charge in [-0.15, -0.1) is 0 Å². The molecule has 4 unspecified atom stereocenters. The van der Waals surface area contributed by atoms with Crippen LogP contribution in [0, 0.1) is 34.5 Å². The summed E-state index contributed by atoms with van der Waals surface area (Å²) in [5.41, 5.74) is 1.54. The third kappa shape index (κ3) is 3.11. The lowest BCUT2D eigenvalue weighted by atomic mass is 9.67. The molecule has 3 heterocycles. The first-order chi connectivity index (χ1) is 17.4. The molecule has 3 saturated heterocycles. The molecule has 0 aliphatic carbocycles. The molecular weight excluding hydrogens is 450 g/mol. The van der Waals surface area contributed by atoms with E-state index >= 15 is 0 Å². The summed E-state index contributed by atoms with van der Waals surface area (Å²) in [7, 11) is 0. The number of carbonyl (C=O) groups excluding carboxylic acids is 2. The SMILES string of the molecule is CC12CCC(CCCc3ccc(C#N)cc3)(O1)C1C(=O)N(c3ccc(C#N)c4ccccc34)C(=O)C12. The van der Waals surface area contributed by atoms with Gasteiger partial charge in [0.05, 0.1) is 52.0 Å². The third-order valence-electron chi connectivity index (χ3n) is 8.42. The van der Waals surface area contributed by atoms with Gasteiger partial charge in [-0.2, -0.15) is 10.5 Å². The van der Waals surface area contributed by atoms with E-state index in [0.29, 0.717) is 23.2 Å². The first-order valence-corrected chi connectivity index (χ1v) is 12.4. The van der Waals surface area contributed by atoms with Crippen LogP contribution in [0.5, 0.6) is 0 Å². The predicted molar refractivity (Wildman–Crippen MR) is 134 cm³/mol. The Hall–Kier alpha value is -4.00. The highest BCUT2D eigenvalue weighted by Crippen LogP contribution is 2.62. The average Bonchev–Trinajstić information content (AvgIpc) is 3.48. The predicted octanol–water partition coefficient (Wildman–Crippen LogP) is 5.03. The van der Waals surface area contributed by atoms with Crippen molar-refractivity contribution in [3.63, 3.8) is 0 Å². The Kier molecular flexibility index (Phi) is 5.00. The Morgan fingerprint density at radius 3 is 2.36 bits per heavy atom. The third-order valence-corrected chi connectivity index (χ3v) is 8.42. The van der Waals surface area contributed by atoms with Crippen LogP contribution in [0.2, 0.25) is 0 Å². The Bertz CT molecular complexity index is 1500. The summed E-state index contributed by atoms with van der Waals surface area (Å²) >= 11 is 0. The fourth-order valence-corrected chi connectivity index (χ4v) is 6.76. The number of hydrogen-bond acceptors (Lipinski definition) is 5. The molecule has 3 aromatic carbocycles. The number of amides is 2. The maximum atomic E-state index is 14.0. The van der Waals surface area contributed by atoms with Gasteiger partial charge in [0, 0.05) is 10.8 Å². The number of anilines is 1. The van der Waals surface area contributed by atoms with E-state index < -0.39 is 23.0 Å². The van der Waals surface area contributed by atoms with Crippen LogP contribution in [-0.2, 0) is 20.7 Å². The number of nitrogens with zero attached hydrogens (tertiary/aromatic N) is 3. The fourth-order valence-electron chi connectivity index (χ4n) is 6.76. The van der Waals surface area contributed by atoms with Crippen molar-refractivity contribution in [3.05, 3.63) is 77.4 Å². The molecule has 3 fully saturated rings. The largest absolute Gasteiger partial charge is 0.367 e. The standard InChI is InChI=1S/C30H25N3O3/c1-29-15-16-30(36-29,14-4-5-19-8-10-20(17-31)11-9-19)26-25(29)27(34)33(28(26)35)24-13-12-21(18-32)22-6-2-3-7-23(22)24/h2-3,6-13,25-26H,4-5,14-16H2,1H3. The molecule has 0 radical (unpaired) electrons. The summed E-state index contributed by atoms with van der Waals surface area (Å²) in [4.78, 5) is 29.2. The molecule has 3 aliphatic rings. The van der Waals surface area contributed by atoms with Crippen molar-refractivity contribution >= 4 is 28.3 Å². The van der Waals surface area contributed by atoms with Crippen molar-refractivity contribution in [1.29, 1.82) is 10.5 Å². The number of aryl methyl sites for hydroxylation is 1. The molecule has 4 atom stereocenters. The monoisotopic (exact) mass is 475 g/mol. The van der Waals surface area contributed by atoms with Crippen LogP contribution in [0.4, 0.5) is 5.69 Å². The van der Waals surface area contributed by atoms with Crippen molar-refractivity contribution in [2.75, 3.05) is 4.90 Å². The molecule has 6 rings (SSSR count). The second kappa shape index (κ2) is 8.01. The van der Waals surface area contributed by atoms with Crippen molar-refractivity contribution in [3.8, 4) is 12.1 Å². The number of rotatable bonds is 5. The van der Waals surface area contributed by atoms with Crippen LogP contribution in [0.15, 0.2) is 60.7 Å². The van der Waals surface area contributed by atoms with Gasteiger partial charge in [0.2, 0.25) is 11.8 Å². The van der Waals surface area contributed by atoms with Crippen LogP contribution in [0.1, 0.15) is 49.3 Å². The number of hydrogen-bond donors (Lipinski definition) is 0. The lowest BCUT2D eigenvalue weighted by molar-refractivity contribution is -0.130. The number of ether oxygens (including phenoxy) is 1. The van der Waals surface area contributed by atoms with Gasteiger partial charge in [-0.1, -0.05) is 36.4 Å². The maximum absolute atomic E-state index is 14.0. The van der Waals surface area contributed by atoms with Crippen LogP contribution in [-0.4, -0.2) is 23.0 Å². The van der Waals surface area contributed by atoms with E-state index in [1.165, 1.54) is 4.90 Å². The van der Waals surface area contributed by atoms with E-state index in [9.17, 15) is 14.9 Å². The minimum atomic E-state index is -0.650. The van der Waals surface area contributed by atoms with E-state index in [1.54, 1.807) is 12.1 Å². The highest BCUT2D eigenvalue weighted by atomic mass is 16.5. The second-order valence-electron chi connectivity index (χ2n) is 10.4. The fraction of sp³-hybridized carbons (Fsp3) is 0.333. The highest BCUT2D eigenvalue weighted by Gasteiger charge is 2.73. The van der Waals surface area contributed by atoms with Crippen molar-refractivity contribution in [2.45, 2.75) is 50.2 Å². The van der Waals surface area contributed by atoms with Gasteiger partial charge in [0.25, 0.3) is 0 Å². The molecule has 0 spiro atoms. The first-order valence-electron chi connectivity index (χ1n) is 12.4. The van der Waals surface area contributed by atoms with Crippen LogP contribution in [0.25, 0.3) is 10.8 Å². The summed E-state index contributed by atoms with van der Waals surface area (Å²) in [5, 5.41) is 20.0. The Labute approximate surface area is 209 Å². The summed E-state index contributed by atoms with van der Waals surface area (Å²) < 4.78 is 6.58. The summed E-state index contributed by atoms with van der Waals surface area (Å²) in [6.07, 6.45) is 3.86. The topological polar surface area (TPSA) is 94.2 Å². The maximum Gasteiger partial charge on any atom is 0.240 e. The van der Waals surface area contributed by atoms with Crippen LogP contribution < -0.4 is 4.90 Å². The van der Waals surface area contributed by atoms with E-state index in [-0.39, 0.29) is 11.8 Å². The van der Waals surface area contributed by atoms with Gasteiger partial charge in [0.15, 0.2) is 0 Å². The molecule has 6 heteroatoms. The molecule has 178 valence electrons. The van der Waals surface area contributed by atoms with E-state index in [0.717, 1.165) is 42.0 Å². The molecule has 2 amide bonds. The molecule has 0 N–H and O–H groups in total. The van der Waals surface area contributed by atoms with Crippen molar-refractivity contribution in [2.24, 2.45) is 11.8 Å². The minimum Gasteiger partial charge on any atom is -0.367 e. The highest BCUT2D eigenvalue weighted by molar-refractivity contribution is 6.26. The molecule has 3 aliphatic heterocycles.